The SMILES string of the molecule is CCN(C1CC1)S(=O)(=O)c1ccc(NN)cc1[N+](=O)[O-]. The minimum atomic E-state index is -3.87. The summed E-state index contributed by atoms with van der Waals surface area (Å²) in [4.78, 5) is 10.1. The van der Waals surface area contributed by atoms with Crippen LogP contribution >= 0.6 is 0 Å². The predicted octanol–water partition coefficient (Wildman–Crippen LogP) is 1.05. The number of anilines is 1. The predicted molar refractivity (Wildman–Crippen MR) is 73.5 cm³/mol. The van der Waals surface area contributed by atoms with Crippen molar-refractivity contribution in [3.63, 3.8) is 0 Å². The topological polar surface area (TPSA) is 119 Å². The second-order valence-corrected chi connectivity index (χ2v) is 6.38. The van der Waals surface area contributed by atoms with E-state index in [-0.39, 0.29) is 16.6 Å². The standard InChI is InChI=1S/C11H16N4O4S/c1-2-14(9-4-5-9)20(18,19)11-6-3-8(13-12)7-10(11)15(16)17/h3,6-7,9,13H,2,4-5,12H2,1H3. The Morgan fingerprint density at radius 2 is 2.15 bits per heavy atom. The van der Waals surface area contributed by atoms with Crippen LogP contribution in [0.3, 0.4) is 0 Å². The van der Waals surface area contributed by atoms with Crippen LogP contribution < -0.4 is 11.3 Å². The molecule has 0 unspecified atom stereocenters. The number of nitrogens with one attached hydrogen (secondary N) is 1. The first kappa shape index (κ1) is 14.7. The van der Waals surface area contributed by atoms with E-state index in [0.717, 1.165) is 18.9 Å². The summed E-state index contributed by atoms with van der Waals surface area (Å²) in [6.45, 7) is 2.01. The summed E-state index contributed by atoms with van der Waals surface area (Å²) < 4.78 is 26.4. The highest BCUT2D eigenvalue weighted by molar-refractivity contribution is 7.89. The average molecular weight is 300 g/mol. The third-order valence-electron chi connectivity index (χ3n) is 3.17. The Morgan fingerprint density at radius 3 is 2.60 bits per heavy atom. The highest BCUT2D eigenvalue weighted by Gasteiger charge is 2.39. The number of nitro benzene ring substituents is 1. The summed E-state index contributed by atoms with van der Waals surface area (Å²) in [5, 5.41) is 11.1. The molecule has 9 heteroatoms. The molecule has 3 N–H and O–H groups in total. The molecule has 8 nitrogen and oxygen atoms in total. The third-order valence-corrected chi connectivity index (χ3v) is 5.25. The Kier molecular flexibility index (Phi) is 3.93. The van der Waals surface area contributed by atoms with Gasteiger partial charge in [-0.3, -0.25) is 16.0 Å². The molecular weight excluding hydrogens is 284 g/mol. The molecule has 0 amide bonds. The van der Waals surface area contributed by atoms with Gasteiger partial charge < -0.3 is 5.43 Å². The zero-order valence-electron chi connectivity index (χ0n) is 10.9. The van der Waals surface area contributed by atoms with E-state index in [9.17, 15) is 18.5 Å². The maximum atomic E-state index is 12.5. The number of benzene rings is 1. The van der Waals surface area contributed by atoms with Gasteiger partial charge in [-0.15, -0.1) is 0 Å². The van der Waals surface area contributed by atoms with Crippen molar-refractivity contribution < 1.29 is 13.3 Å². The quantitative estimate of drug-likeness (QED) is 0.460. The van der Waals surface area contributed by atoms with Crippen LogP contribution in [0.4, 0.5) is 11.4 Å². The van der Waals surface area contributed by atoms with Crippen molar-refractivity contribution in [1.29, 1.82) is 0 Å². The van der Waals surface area contributed by atoms with Crippen LogP contribution in [-0.2, 0) is 10.0 Å². The Balaban J connectivity index is 2.52. The first-order valence-electron chi connectivity index (χ1n) is 6.18. The van der Waals surface area contributed by atoms with Gasteiger partial charge in [0, 0.05) is 18.7 Å². The summed E-state index contributed by atoms with van der Waals surface area (Å²) in [6.07, 6.45) is 1.59. The van der Waals surface area contributed by atoms with Gasteiger partial charge in [0.1, 0.15) is 0 Å². The first-order chi connectivity index (χ1) is 9.41. The molecule has 20 heavy (non-hydrogen) atoms. The van der Waals surface area contributed by atoms with Crippen LogP contribution in [0.25, 0.3) is 0 Å². The number of nitro groups is 1. The minimum absolute atomic E-state index is 0.0445. The van der Waals surface area contributed by atoms with Gasteiger partial charge in [0.25, 0.3) is 5.69 Å². The summed E-state index contributed by atoms with van der Waals surface area (Å²) in [7, 11) is -3.87. The third kappa shape index (κ3) is 2.60. The van der Waals surface area contributed by atoms with E-state index >= 15 is 0 Å². The fraction of sp³-hybridized carbons (Fsp3) is 0.455. The molecule has 0 spiro atoms. The molecule has 1 saturated carbocycles. The second-order valence-electron chi connectivity index (χ2n) is 4.52. The van der Waals surface area contributed by atoms with Gasteiger partial charge in [0.2, 0.25) is 10.0 Å². The Labute approximate surface area is 116 Å². The van der Waals surface area contributed by atoms with Crippen molar-refractivity contribution >= 4 is 21.4 Å². The summed E-state index contributed by atoms with van der Waals surface area (Å²) in [6, 6.07) is 3.69. The van der Waals surface area contributed by atoms with Gasteiger partial charge in [0.05, 0.1) is 10.6 Å². The van der Waals surface area contributed by atoms with Crippen LogP contribution in [-0.4, -0.2) is 30.2 Å². The Bertz CT molecular complexity index is 627. The molecule has 0 bridgehead atoms. The number of sulfonamides is 1. The molecule has 0 radical (unpaired) electrons. The maximum absolute atomic E-state index is 12.5. The second kappa shape index (κ2) is 5.35. The van der Waals surface area contributed by atoms with Crippen LogP contribution in [0, 0.1) is 10.1 Å². The monoisotopic (exact) mass is 300 g/mol. The Hall–Kier alpha value is -1.71. The Morgan fingerprint density at radius 1 is 1.50 bits per heavy atom. The van der Waals surface area contributed by atoms with E-state index in [4.69, 9.17) is 5.84 Å². The molecular formula is C11H16N4O4S. The smallest absolute Gasteiger partial charge is 0.291 e. The minimum Gasteiger partial charge on any atom is -0.324 e. The van der Waals surface area contributed by atoms with E-state index in [1.165, 1.54) is 16.4 Å². The number of rotatable bonds is 6. The van der Waals surface area contributed by atoms with Crippen molar-refractivity contribution in [2.75, 3.05) is 12.0 Å². The van der Waals surface area contributed by atoms with Gasteiger partial charge >= 0.3 is 0 Å². The normalized spacial score (nSPS) is 15.3. The summed E-state index contributed by atoms with van der Waals surface area (Å²) >= 11 is 0. The van der Waals surface area contributed by atoms with Crippen LogP contribution in [0.5, 0.6) is 0 Å². The highest BCUT2D eigenvalue weighted by atomic mass is 32.2. The van der Waals surface area contributed by atoms with Gasteiger partial charge in [-0.25, -0.2) is 8.42 Å². The molecule has 0 atom stereocenters. The van der Waals surface area contributed by atoms with E-state index in [1.54, 1.807) is 6.92 Å². The van der Waals surface area contributed by atoms with Crippen molar-refractivity contribution in [2.24, 2.45) is 5.84 Å². The van der Waals surface area contributed by atoms with Crippen LogP contribution in [0.15, 0.2) is 23.1 Å². The van der Waals surface area contributed by atoms with Crippen molar-refractivity contribution in [2.45, 2.75) is 30.7 Å². The molecule has 0 heterocycles. The van der Waals surface area contributed by atoms with E-state index < -0.39 is 20.6 Å². The lowest BCUT2D eigenvalue weighted by Gasteiger charge is -2.20. The van der Waals surface area contributed by atoms with Crippen molar-refractivity contribution in [1.82, 2.24) is 4.31 Å². The van der Waals surface area contributed by atoms with E-state index in [1.807, 2.05) is 0 Å². The van der Waals surface area contributed by atoms with Gasteiger partial charge in [-0.2, -0.15) is 4.31 Å². The van der Waals surface area contributed by atoms with Gasteiger partial charge in [-0.1, -0.05) is 6.92 Å². The molecule has 0 aliphatic heterocycles. The molecule has 0 saturated heterocycles. The van der Waals surface area contributed by atoms with E-state index in [0.29, 0.717) is 6.54 Å². The first-order valence-corrected chi connectivity index (χ1v) is 7.62. The summed E-state index contributed by atoms with van der Waals surface area (Å²) in [5.74, 6) is 5.19. The zero-order valence-corrected chi connectivity index (χ0v) is 11.8. The number of nitrogens with zero attached hydrogens (tertiary/aromatic N) is 2. The molecule has 1 aliphatic carbocycles. The van der Waals surface area contributed by atoms with Crippen LogP contribution in [0.2, 0.25) is 0 Å². The lowest BCUT2D eigenvalue weighted by Crippen LogP contribution is -2.33. The van der Waals surface area contributed by atoms with Crippen molar-refractivity contribution in [3.05, 3.63) is 28.3 Å². The number of nitrogen functional groups attached to an aromatic ring is 1. The van der Waals surface area contributed by atoms with Gasteiger partial charge in [-0.05, 0) is 25.0 Å². The molecule has 1 fully saturated rings. The number of hydrogen-bond acceptors (Lipinski definition) is 6. The van der Waals surface area contributed by atoms with Crippen LogP contribution in [0.1, 0.15) is 19.8 Å². The number of hydrazine groups is 1. The number of hydrogen-bond donors (Lipinski definition) is 2. The molecule has 1 aliphatic rings. The zero-order chi connectivity index (χ0) is 14.9. The fourth-order valence-corrected chi connectivity index (χ4v) is 3.91. The lowest BCUT2D eigenvalue weighted by atomic mass is 10.3. The molecule has 1 aromatic carbocycles. The maximum Gasteiger partial charge on any atom is 0.291 e. The fourth-order valence-electron chi connectivity index (χ4n) is 2.08. The molecule has 1 aromatic rings. The highest BCUT2D eigenvalue weighted by Crippen LogP contribution is 2.35. The molecule has 110 valence electrons. The number of nitrogens with two attached hydrogens (primary N) is 1. The molecule has 2 rings (SSSR count). The summed E-state index contributed by atoms with van der Waals surface area (Å²) in [5.41, 5.74) is 2.08. The largest absolute Gasteiger partial charge is 0.324 e. The van der Waals surface area contributed by atoms with E-state index in [2.05, 4.69) is 5.43 Å². The van der Waals surface area contributed by atoms with Crippen molar-refractivity contribution in [3.8, 4) is 0 Å². The molecule has 0 aromatic heterocycles. The average Bonchev–Trinajstić information content (AvgIpc) is 3.23. The van der Waals surface area contributed by atoms with Gasteiger partial charge in [0.15, 0.2) is 4.90 Å². The lowest BCUT2D eigenvalue weighted by molar-refractivity contribution is -0.387.